The quantitative estimate of drug-likeness (QED) is 0.772. The zero-order valence-corrected chi connectivity index (χ0v) is 10.5. The molecule has 0 aromatic heterocycles. The van der Waals surface area contributed by atoms with Crippen LogP contribution < -0.4 is 5.32 Å². The standard InChI is InChI=1S/C11H18N2O2S/c1-3-9-10(14)12-7(2)11(15)13(9)8-4-5-16-6-8/h7-9H,3-6H2,1-2H3,(H,12,14). The van der Waals surface area contributed by atoms with Crippen LogP contribution in [0.1, 0.15) is 26.7 Å². The number of hydrogen-bond acceptors (Lipinski definition) is 3. The van der Waals surface area contributed by atoms with Gasteiger partial charge in [-0.15, -0.1) is 0 Å². The van der Waals surface area contributed by atoms with E-state index in [0.29, 0.717) is 6.42 Å². The molecule has 2 heterocycles. The van der Waals surface area contributed by atoms with Gasteiger partial charge in [0.2, 0.25) is 11.8 Å². The number of rotatable bonds is 2. The van der Waals surface area contributed by atoms with Gasteiger partial charge in [-0.1, -0.05) is 6.92 Å². The van der Waals surface area contributed by atoms with Gasteiger partial charge < -0.3 is 10.2 Å². The lowest BCUT2D eigenvalue weighted by Gasteiger charge is -2.41. The minimum absolute atomic E-state index is 0.00602. The molecule has 3 unspecified atom stereocenters. The summed E-state index contributed by atoms with van der Waals surface area (Å²) in [5, 5.41) is 2.75. The number of nitrogens with zero attached hydrogens (tertiary/aromatic N) is 1. The van der Waals surface area contributed by atoms with Crippen LogP contribution in [-0.2, 0) is 9.59 Å². The first-order chi connectivity index (χ1) is 7.65. The second kappa shape index (κ2) is 4.65. The third-order valence-corrected chi connectivity index (χ3v) is 4.45. The van der Waals surface area contributed by atoms with E-state index in [4.69, 9.17) is 0 Å². The van der Waals surface area contributed by atoms with E-state index in [1.165, 1.54) is 0 Å². The topological polar surface area (TPSA) is 49.4 Å². The molecule has 2 fully saturated rings. The number of amides is 2. The summed E-state index contributed by atoms with van der Waals surface area (Å²) in [6.07, 6.45) is 1.72. The van der Waals surface area contributed by atoms with E-state index in [1.807, 2.05) is 23.6 Å². The number of carbonyl (C=O) groups is 2. The Morgan fingerprint density at radius 1 is 1.50 bits per heavy atom. The largest absolute Gasteiger partial charge is 0.343 e. The van der Waals surface area contributed by atoms with Crippen molar-refractivity contribution < 1.29 is 9.59 Å². The Balaban J connectivity index is 2.21. The normalized spacial score (nSPS) is 35.4. The summed E-state index contributed by atoms with van der Waals surface area (Å²) in [6, 6.07) is -0.357. The zero-order valence-electron chi connectivity index (χ0n) is 9.73. The fourth-order valence-electron chi connectivity index (χ4n) is 2.43. The SMILES string of the molecule is CCC1C(=O)NC(C)C(=O)N1C1CCSC1. The minimum Gasteiger partial charge on any atom is -0.343 e. The highest BCUT2D eigenvalue weighted by molar-refractivity contribution is 7.99. The molecular weight excluding hydrogens is 224 g/mol. The first kappa shape index (κ1) is 11.8. The van der Waals surface area contributed by atoms with Crippen molar-refractivity contribution >= 4 is 23.6 Å². The van der Waals surface area contributed by atoms with Crippen LogP contribution in [0.15, 0.2) is 0 Å². The lowest BCUT2D eigenvalue weighted by molar-refractivity contribution is -0.151. The Hall–Kier alpha value is -0.710. The van der Waals surface area contributed by atoms with E-state index in [1.54, 1.807) is 6.92 Å². The first-order valence-corrected chi connectivity index (χ1v) is 7.01. The van der Waals surface area contributed by atoms with Crippen LogP contribution in [0.5, 0.6) is 0 Å². The molecule has 2 rings (SSSR count). The molecule has 0 radical (unpaired) electrons. The van der Waals surface area contributed by atoms with Gasteiger partial charge in [0.05, 0.1) is 0 Å². The maximum atomic E-state index is 12.1. The van der Waals surface area contributed by atoms with Gasteiger partial charge in [-0.3, -0.25) is 9.59 Å². The molecule has 0 bridgehead atoms. The summed E-state index contributed by atoms with van der Waals surface area (Å²) in [5.41, 5.74) is 0. The van der Waals surface area contributed by atoms with Gasteiger partial charge >= 0.3 is 0 Å². The maximum absolute atomic E-state index is 12.1. The summed E-state index contributed by atoms with van der Waals surface area (Å²) < 4.78 is 0. The van der Waals surface area contributed by atoms with Crippen LogP contribution in [0.2, 0.25) is 0 Å². The smallest absolute Gasteiger partial charge is 0.245 e. The molecule has 0 aromatic carbocycles. The Morgan fingerprint density at radius 3 is 2.81 bits per heavy atom. The predicted octanol–water partition coefficient (Wildman–Crippen LogP) is 0.617. The number of thioether (sulfide) groups is 1. The lowest BCUT2D eigenvalue weighted by Crippen LogP contribution is -2.64. The fourth-order valence-corrected chi connectivity index (χ4v) is 3.64. The van der Waals surface area contributed by atoms with Crippen molar-refractivity contribution in [3.8, 4) is 0 Å². The summed E-state index contributed by atoms with van der Waals surface area (Å²) in [7, 11) is 0. The van der Waals surface area contributed by atoms with Gasteiger partial charge in [-0.25, -0.2) is 0 Å². The molecule has 0 spiro atoms. The fraction of sp³-hybridized carbons (Fsp3) is 0.818. The van der Waals surface area contributed by atoms with Gasteiger partial charge in [0, 0.05) is 11.8 Å². The second-order valence-electron chi connectivity index (χ2n) is 4.42. The number of nitrogens with one attached hydrogen (secondary N) is 1. The molecule has 3 atom stereocenters. The number of carbonyl (C=O) groups excluding carboxylic acids is 2. The highest BCUT2D eigenvalue weighted by Crippen LogP contribution is 2.27. The second-order valence-corrected chi connectivity index (χ2v) is 5.57. The van der Waals surface area contributed by atoms with Gasteiger partial charge in [0.1, 0.15) is 12.1 Å². The zero-order chi connectivity index (χ0) is 11.7. The van der Waals surface area contributed by atoms with Crippen molar-refractivity contribution in [1.82, 2.24) is 10.2 Å². The predicted molar refractivity (Wildman–Crippen MR) is 64.3 cm³/mol. The van der Waals surface area contributed by atoms with E-state index >= 15 is 0 Å². The van der Waals surface area contributed by atoms with Gasteiger partial charge in [-0.05, 0) is 25.5 Å². The molecular formula is C11H18N2O2S. The van der Waals surface area contributed by atoms with Gasteiger partial charge in [-0.2, -0.15) is 11.8 Å². The third-order valence-electron chi connectivity index (χ3n) is 3.31. The monoisotopic (exact) mass is 242 g/mol. The van der Waals surface area contributed by atoms with E-state index in [-0.39, 0.29) is 29.9 Å². The lowest BCUT2D eigenvalue weighted by atomic mass is 10.0. The molecule has 4 nitrogen and oxygen atoms in total. The van der Waals surface area contributed by atoms with Crippen molar-refractivity contribution in [2.75, 3.05) is 11.5 Å². The van der Waals surface area contributed by atoms with Crippen LogP contribution in [-0.4, -0.2) is 46.3 Å². The Bertz CT molecular complexity index is 302. The molecule has 0 aromatic rings. The molecule has 16 heavy (non-hydrogen) atoms. The van der Waals surface area contributed by atoms with E-state index < -0.39 is 0 Å². The average Bonchev–Trinajstić information content (AvgIpc) is 2.76. The van der Waals surface area contributed by atoms with Gasteiger partial charge in [0.15, 0.2) is 0 Å². The first-order valence-electron chi connectivity index (χ1n) is 5.85. The van der Waals surface area contributed by atoms with Crippen LogP contribution in [0.3, 0.4) is 0 Å². The highest BCUT2D eigenvalue weighted by atomic mass is 32.2. The Kier molecular flexibility index (Phi) is 3.42. The summed E-state index contributed by atoms with van der Waals surface area (Å²) >= 11 is 1.87. The molecule has 2 amide bonds. The van der Waals surface area contributed by atoms with Crippen molar-refractivity contribution in [3.05, 3.63) is 0 Å². The molecule has 0 aliphatic carbocycles. The average molecular weight is 242 g/mol. The molecule has 2 aliphatic rings. The Labute approximate surface area is 100 Å². The maximum Gasteiger partial charge on any atom is 0.245 e. The van der Waals surface area contributed by atoms with Crippen molar-refractivity contribution in [2.45, 2.75) is 44.8 Å². The molecule has 5 heteroatoms. The molecule has 90 valence electrons. The van der Waals surface area contributed by atoms with E-state index in [0.717, 1.165) is 17.9 Å². The number of hydrogen-bond donors (Lipinski definition) is 1. The third kappa shape index (κ3) is 1.93. The van der Waals surface area contributed by atoms with Crippen molar-refractivity contribution in [1.29, 1.82) is 0 Å². The molecule has 2 aliphatic heterocycles. The summed E-state index contributed by atoms with van der Waals surface area (Å²) in [6.45, 7) is 3.73. The van der Waals surface area contributed by atoms with E-state index in [2.05, 4.69) is 5.32 Å². The van der Waals surface area contributed by atoms with Crippen molar-refractivity contribution in [3.63, 3.8) is 0 Å². The van der Waals surface area contributed by atoms with Crippen LogP contribution >= 0.6 is 11.8 Å². The van der Waals surface area contributed by atoms with E-state index in [9.17, 15) is 9.59 Å². The Morgan fingerprint density at radius 2 is 2.25 bits per heavy atom. The highest BCUT2D eigenvalue weighted by Gasteiger charge is 2.41. The molecule has 2 saturated heterocycles. The minimum atomic E-state index is -0.360. The molecule has 0 saturated carbocycles. The van der Waals surface area contributed by atoms with Crippen LogP contribution in [0.25, 0.3) is 0 Å². The van der Waals surface area contributed by atoms with Crippen molar-refractivity contribution in [2.24, 2.45) is 0 Å². The summed E-state index contributed by atoms with van der Waals surface area (Å²) in [5.74, 6) is 2.16. The van der Waals surface area contributed by atoms with Crippen LogP contribution in [0.4, 0.5) is 0 Å². The summed E-state index contributed by atoms with van der Waals surface area (Å²) in [4.78, 5) is 25.8. The van der Waals surface area contributed by atoms with Gasteiger partial charge in [0.25, 0.3) is 0 Å². The molecule has 1 N–H and O–H groups in total. The van der Waals surface area contributed by atoms with Crippen LogP contribution in [0, 0.1) is 0 Å². The number of piperazine rings is 1.